The van der Waals surface area contributed by atoms with Crippen LogP contribution < -0.4 is 0 Å². The minimum absolute atomic E-state index is 0.00210. The third-order valence-electron chi connectivity index (χ3n) is 2.97. The molecule has 1 nitrogen and oxygen atoms in total. The number of aliphatic hydroxyl groups is 1. The van der Waals surface area contributed by atoms with Gasteiger partial charge in [-0.2, -0.15) is 0 Å². The average molecular weight is 302 g/mol. The summed E-state index contributed by atoms with van der Waals surface area (Å²) in [5.74, 6) is 28.0. The normalized spacial score (nSPS) is 8.74. The first kappa shape index (κ1) is 20.3. The predicted octanol–water partition coefficient (Wildman–Crippen LogP) is 3.00. The Kier molecular flexibility index (Phi) is 15.3. The standard InChI is InChI=1S/C22H22O/c1-3-5-7-9-11-12-13-14-16-18-20-22(21-23)19-17-15-10-8-6-4-2/h1,22-23H,4,6,8,10,15,17,19,21H2,2H3. The van der Waals surface area contributed by atoms with Crippen LogP contribution in [0.3, 0.4) is 0 Å². The number of aliphatic hydroxyl groups excluding tert-OH is 1. The molecule has 0 saturated heterocycles. The van der Waals surface area contributed by atoms with Crippen molar-refractivity contribution in [2.24, 2.45) is 5.92 Å². The molecule has 0 aromatic heterocycles. The largest absolute Gasteiger partial charge is 0.395 e. The van der Waals surface area contributed by atoms with Gasteiger partial charge in [0.1, 0.15) is 0 Å². The first-order chi connectivity index (χ1) is 11.3. The molecular formula is C22H22O. The van der Waals surface area contributed by atoms with Crippen molar-refractivity contribution in [1.29, 1.82) is 0 Å². The van der Waals surface area contributed by atoms with Gasteiger partial charge in [0.15, 0.2) is 0 Å². The second-order valence-corrected chi connectivity index (χ2v) is 4.85. The molecule has 0 aromatic carbocycles. The fraction of sp³-hybridized carbons (Fsp3) is 0.455. The number of terminal acetylenes is 1. The van der Waals surface area contributed by atoms with Crippen molar-refractivity contribution in [3.8, 4) is 71.5 Å². The van der Waals surface area contributed by atoms with E-state index in [9.17, 15) is 5.11 Å². The van der Waals surface area contributed by atoms with E-state index < -0.39 is 0 Å². The molecule has 1 unspecified atom stereocenters. The molecule has 1 N–H and O–H groups in total. The average Bonchev–Trinajstić information content (AvgIpc) is 2.57. The van der Waals surface area contributed by atoms with Crippen LogP contribution in [0, 0.1) is 77.5 Å². The second-order valence-electron chi connectivity index (χ2n) is 4.85. The molecule has 0 amide bonds. The van der Waals surface area contributed by atoms with Gasteiger partial charge in [-0.05, 0) is 65.6 Å². The second kappa shape index (κ2) is 17.4. The van der Waals surface area contributed by atoms with Crippen LogP contribution in [-0.4, -0.2) is 11.7 Å². The summed E-state index contributed by atoms with van der Waals surface area (Å²) in [6, 6.07) is 0. The number of unbranched alkanes of at least 4 members (excludes halogenated alkanes) is 5. The maximum absolute atomic E-state index is 9.29. The molecule has 0 fully saturated rings. The zero-order valence-corrected chi connectivity index (χ0v) is 13.8. The highest BCUT2D eigenvalue weighted by Crippen LogP contribution is 2.11. The van der Waals surface area contributed by atoms with E-state index in [0.717, 1.165) is 12.8 Å². The maximum Gasteiger partial charge on any atom is 0.0569 e. The van der Waals surface area contributed by atoms with Gasteiger partial charge < -0.3 is 5.11 Å². The molecule has 1 atom stereocenters. The Morgan fingerprint density at radius 2 is 1.26 bits per heavy atom. The van der Waals surface area contributed by atoms with Crippen molar-refractivity contribution >= 4 is 0 Å². The predicted molar refractivity (Wildman–Crippen MR) is 96.3 cm³/mol. The van der Waals surface area contributed by atoms with Crippen LogP contribution in [0.4, 0.5) is 0 Å². The highest BCUT2D eigenvalue weighted by Gasteiger charge is 2.02. The van der Waals surface area contributed by atoms with Gasteiger partial charge in [-0.25, -0.2) is 0 Å². The van der Waals surface area contributed by atoms with Gasteiger partial charge >= 0.3 is 0 Å². The van der Waals surface area contributed by atoms with E-state index in [1.54, 1.807) is 0 Å². The minimum Gasteiger partial charge on any atom is -0.395 e. The van der Waals surface area contributed by atoms with E-state index in [-0.39, 0.29) is 12.5 Å². The Balaban J connectivity index is 4.09. The molecule has 1 heteroatoms. The molecule has 0 aliphatic carbocycles. The Morgan fingerprint density at radius 3 is 1.83 bits per heavy atom. The lowest BCUT2D eigenvalue weighted by atomic mass is 10.0. The first-order valence-corrected chi connectivity index (χ1v) is 7.92. The number of rotatable bonds is 8. The molecule has 0 bridgehead atoms. The first-order valence-electron chi connectivity index (χ1n) is 7.92. The maximum atomic E-state index is 9.29. The van der Waals surface area contributed by atoms with Gasteiger partial charge in [-0.3, -0.25) is 0 Å². The third-order valence-corrected chi connectivity index (χ3v) is 2.97. The Bertz CT molecular complexity index is 663. The monoisotopic (exact) mass is 302 g/mol. The molecule has 0 aliphatic rings. The molecule has 0 heterocycles. The van der Waals surface area contributed by atoms with Crippen LogP contribution in [0.25, 0.3) is 0 Å². The van der Waals surface area contributed by atoms with Gasteiger partial charge in [0.2, 0.25) is 0 Å². The van der Waals surface area contributed by atoms with Crippen molar-refractivity contribution in [3.63, 3.8) is 0 Å². The number of hydrogen-bond donors (Lipinski definition) is 1. The van der Waals surface area contributed by atoms with Crippen LogP contribution in [0.5, 0.6) is 0 Å². The summed E-state index contributed by atoms with van der Waals surface area (Å²) in [7, 11) is 0. The fourth-order valence-corrected chi connectivity index (χ4v) is 1.77. The van der Waals surface area contributed by atoms with Gasteiger partial charge in [-0.15, -0.1) is 6.42 Å². The number of hydrogen-bond acceptors (Lipinski definition) is 1. The van der Waals surface area contributed by atoms with E-state index in [1.807, 2.05) is 0 Å². The molecule has 23 heavy (non-hydrogen) atoms. The van der Waals surface area contributed by atoms with E-state index in [0.29, 0.717) is 0 Å². The SMILES string of the molecule is C#CC#CC#CC#CC#CC#CC(CO)CCCCCCCC. The quantitative estimate of drug-likeness (QED) is 0.540. The Hall–Kier alpha value is -2.68. The molecular weight excluding hydrogens is 280 g/mol. The highest BCUT2D eigenvalue weighted by atomic mass is 16.3. The van der Waals surface area contributed by atoms with Crippen LogP contribution >= 0.6 is 0 Å². The van der Waals surface area contributed by atoms with E-state index in [2.05, 4.69) is 72.0 Å². The van der Waals surface area contributed by atoms with Gasteiger partial charge in [0, 0.05) is 5.92 Å². The smallest absolute Gasteiger partial charge is 0.0569 e. The van der Waals surface area contributed by atoms with Crippen LogP contribution in [0.15, 0.2) is 0 Å². The summed E-state index contributed by atoms with van der Waals surface area (Å²) >= 11 is 0. The third kappa shape index (κ3) is 15.5. The Labute approximate surface area is 141 Å². The van der Waals surface area contributed by atoms with E-state index >= 15 is 0 Å². The summed E-state index contributed by atoms with van der Waals surface area (Å²) < 4.78 is 0. The molecule has 0 radical (unpaired) electrons. The van der Waals surface area contributed by atoms with E-state index in [1.165, 1.54) is 32.1 Å². The van der Waals surface area contributed by atoms with Crippen molar-refractivity contribution in [3.05, 3.63) is 0 Å². The molecule has 0 spiro atoms. The van der Waals surface area contributed by atoms with Gasteiger partial charge in [0.25, 0.3) is 0 Å². The zero-order valence-electron chi connectivity index (χ0n) is 13.8. The van der Waals surface area contributed by atoms with Crippen LogP contribution in [-0.2, 0) is 0 Å². The van der Waals surface area contributed by atoms with Crippen LogP contribution in [0.1, 0.15) is 51.9 Å². The molecule has 116 valence electrons. The van der Waals surface area contributed by atoms with Crippen molar-refractivity contribution < 1.29 is 5.11 Å². The fourth-order valence-electron chi connectivity index (χ4n) is 1.77. The molecule has 0 saturated carbocycles. The van der Waals surface area contributed by atoms with Crippen molar-refractivity contribution in [2.45, 2.75) is 51.9 Å². The highest BCUT2D eigenvalue weighted by molar-refractivity contribution is 5.43. The summed E-state index contributed by atoms with van der Waals surface area (Å²) in [5, 5.41) is 9.29. The van der Waals surface area contributed by atoms with Crippen molar-refractivity contribution in [2.75, 3.05) is 6.61 Å². The van der Waals surface area contributed by atoms with Crippen molar-refractivity contribution in [1.82, 2.24) is 0 Å². The lowest BCUT2D eigenvalue weighted by Gasteiger charge is -2.06. The summed E-state index contributed by atoms with van der Waals surface area (Å²) in [5.41, 5.74) is 0. The lowest BCUT2D eigenvalue weighted by Crippen LogP contribution is -2.02. The molecule has 0 aliphatic heterocycles. The summed E-state index contributed by atoms with van der Waals surface area (Å²) in [4.78, 5) is 0. The van der Waals surface area contributed by atoms with Gasteiger partial charge in [-0.1, -0.05) is 51.4 Å². The minimum atomic E-state index is 0.00210. The molecule has 0 aromatic rings. The topological polar surface area (TPSA) is 20.2 Å². The van der Waals surface area contributed by atoms with Gasteiger partial charge in [0.05, 0.1) is 6.61 Å². The van der Waals surface area contributed by atoms with E-state index in [4.69, 9.17) is 6.42 Å². The molecule has 0 rings (SSSR count). The zero-order chi connectivity index (χ0) is 17.0. The Morgan fingerprint density at radius 1 is 0.739 bits per heavy atom. The lowest BCUT2D eigenvalue weighted by molar-refractivity contribution is 0.248. The summed E-state index contributed by atoms with van der Waals surface area (Å²) in [6.45, 7) is 2.29. The van der Waals surface area contributed by atoms with Crippen LogP contribution in [0.2, 0.25) is 0 Å². The summed E-state index contributed by atoms with van der Waals surface area (Å²) in [6.07, 6.45) is 13.3.